The van der Waals surface area contributed by atoms with Gasteiger partial charge in [-0.25, -0.2) is 0 Å². The van der Waals surface area contributed by atoms with Crippen molar-refractivity contribution in [3.05, 3.63) is 0 Å². The smallest absolute Gasteiger partial charge is 0.111 e. The summed E-state index contributed by atoms with van der Waals surface area (Å²) < 4.78 is 2.58. The summed E-state index contributed by atoms with van der Waals surface area (Å²) in [6, 6.07) is 0. The molecule has 3 unspecified atom stereocenters. The number of nitrogens with zero attached hydrogens (tertiary/aromatic N) is 1. The second-order valence-corrected chi connectivity index (χ2v) is 6.93. The highest BCUT2D eigenvalue weighted by Gasteiger charge is 2.31. The van der Waals surface area contributed by atoms with Crippen molar-refractivity contribution in [2.45, 2.75) is 25.9 Å². The van der Waals surface area contributed by atoms with Crippen LogP contribution >= 0.6 is 0 Å². The summed E-state index contributed by atoms with van der Waals surface area (Å²) in [7, 11) is 1.81. The first-order chi connectivity index (χ1) is 4.13. The average Bonchev–Trinajstić information content (AvgIpc) is 1.98. The molecule has 0 aromatic rings. The van der Waals surface area contributed by atoms with Crippen molar-refractivity contribution in [3.8, 4) is 0 Å². The first-order valence-electron chi connectivity index (χ1n) is 3.83. The minimum absolute atomic E-state index is 0.462. The monoisotopic (exact) mass is 143 g/mol. The fourth-order valence-corrected chi connectivity index (χ4v) is 4.20. The molecule has 0 saturated carbocycles. The number of hydrogen-bond acceptors (Lipinski definition) is 1. The van der Waals surface area contributed by atoms with Crippen molar-refractivity contribution in [1.29, 1.82) is 0 Å². The maximum atomic E-state index is 2.58. The molecule has 1 aliphatic heterocycles. The molecule has 0 radical (unpaired) electrons. The van der Waals surface area contributed by atoms with E-state index < -0.39 is 8.96 Å². The Morgan fingerprint density at radius 1 is 1.44 bits per heavy atom. The summed E-state index contributed by atoms with van der Waals surface area (Å²) in [5, 5.41) is 0. The van der Waals surface area contributed by atoms with Crippen LogP contribution in [0.2, 0.25) is 12.1 Å². The lowest BCUT2D eigenvalue weighted by molar-refractivity contribution is 0.476. The maximum Gasteiger partial charge on any atom is 0.111 e. The van der Waals surface area contributed by atoms with Gasteiger partial charge in [-0.3, -0.25) is 0 Å². The van der Waals surface area contributed by atoms with E-state index in [4.69, 9.17) is 0 Å². The summed E-state index contributed by atoms with van der Waals surface area (Å²) in [4.78, 5) is 0. The molecule has 0 aromatic carbocycles. The normalized spacial score (nSPS) is 46.0. The molecule has 1 fully saturated rings. The Labute approximate surface area is 59.7 Å². The molecular weight excluding hydrogens is 126 g/mol. The summed E-state index contributed by atoms with van der Waals surface area (Å²) in [6.45, 7) is 8.57. The fraction of sp³-hybridized carbons (Fsp3) is 1.00. The standard InChI is InChI=1S/C7H17NSi/c1-6-5-8(3)9(4)7(6)2/h6-7,9H,5H2,1-4H3. The van der Waals surface area contributed by atoms with Crippen LogP contribution in [0.4, 0.5) is 0 Å². The van der Waals surface area contributed by atoms with Crippen molar-refractivity contribution in [3.63, 3.8) is 0 Å². The second kappa shape index (κ2) is 2.43. The lowest BCUT2D eigenvalue weighted by Crippen LogP contribution is -2.27. The summed E-state index contributed by atoms with van der Waals surface area (Å²) in [6.07, 6.45) is 0. The molecule has 1 saturated heterocycles. The minimum atomic E-state index is -0.462. The van der Waals surface area contributed by atoms with Gasteiger partial charge in [0.25, 0.3) is 0 Å². The van der Waals surface area contributed by atoms with Gasteiger partial charge in [0.05, 0.1) is 0 Å². The average molecular weight is 143 g/mol. The van der Waals surface area contributed by atoms with Crippen LogP contribution in [0, 0.1) is 5.92 Å². The topological polar surface area (TPSA) is 3.24 Å². The van der Waals surface area contributed by atoms with E-state index in [9.17, 15) is 0 Å². The highest BCUT2D eigenvalue weighted by Crippen LogP contribution is 2.29. The molecule has 1 aliphatic rings. The van der Waals surface area contributed by atoms with Crippen LogP contribution in [0.1, 0.15) is 13.8 Å². The Kier molecular flexibility index (Phi) is 1.96. The zero-order valence-corrected chi connectivity index (χ0v) is 8.04. The van der Waals surface area contributed by atoms with Crippen molar-refractivity contribution >= 4 is 8.96 Å². The van der Waals surface area contributed by atoms with E-state index in [0.29, 0.717) is 0 Å². The fourth-order valence-electron chi connectivity index (χ4n) is 1.66. The van der Waals surface area contributed by atoms with Crippen molar-refractivity contribution in [1.82, 2.24) is 4.57 Å². The summed E-state index contributed by atoms with van der Waals surface area (Å²) >= 11 is 0. The van der Waals surface area contributed by atoms with Gasteiger partial charge < -0.3 is 4.57 Å². The zero-order chi connectivity index (χ0) is 7.02. The van der Waals surface area contributed by atoms with Gasteiger partial charge in [-0.2, -0.15) is 0 Å². The first-order valence-corrected chi connectivity index (χ1v) is 6.17. The van der Waals surface area contributed by atoms with Gasteiger partial charge in [0.2, 0.25) is 0 Å². The highest BCUT2D eigenvalue weighted by atomic mass is 28.3. The first kappa shape index (κ1) is 7.29. The van der Waals surface area contributed by atoms with Crippen LogP contribution < -0.4 is 0 Å². The van der Waals surface area contributed by atoms with Gasteiger partial charge in [-0.05, 0) is 25.1 Å². The number of rotatable bonds is 0. The van der Waals surface area contributed by atoms with Crippen LogP contribution in [0.25, 0.3) is 0 Å². The van der Waals surface area contributed by atoms with Gasteiger partial charge in [-0.15, -0.1) is 0 Å². The van der Waals surface area contributed by atoms with E-state index >= 15 is 0 Å². The second-order valence-electron chi connectivity index (χ2n) is 3.52. The van der Waals surface area contributed by atoms with E-state index in [1.807, 2.05) is 0 Å². The SMILES string of the molecule is CC1CN(C)[SiH](C)C1C. The van der Waals surface area contributed by atoms with Crippen LogP contribution in [-0.4, -0.2) is 27.1 Å². The van der Waals surface area contributed by atoms with Crippen molar-refractivity contribution in [2.24, 2.45) is 5.92 Å². The summed E-state index contributed by atoms with van der Waals surface area (Å²) in [5.74, 6) is 0.955. The van der Waals surface area contributed by atoms with Gasteiger partial charge in [0.1, 0.15) is 8.96 Å². The zero-order valence-electron chi connectivity index (χ0n) is 6.89. The quantitative estimate of drug-likeness (QED) is 0.462. The van der Waals surface area contributed by atoms with Crippen LogP contribution in [0.15, 0.2) is 0 Å². The lowest BCUT2D eigenvalue weighted by Gasteiger charge is -2.14. The van der Waals surface area contributed by atoms with E-state index in [-0.39, 0.29) is 0 Å². The van der Waals surface area contributed by atoms with E-state index in [1.165, 1.54) is 6.54 Å². The third-order valence-corrected chi connectivity index (χ3v) is 6.71. The minimum Gasteiger partial charge on any atom is -0.328 e. The number of hydrogen-bond donors (Lipinski definition) is 0. The molecule has 9 heavy (non-hydrogen) atoms. The third kappa shape index (κ3) is 1.19. The van der Waals surface area contributed by atoms with Crippen molar-refractivity contribution < 1.29 is 0 Å². The molecule has 0 bridgehead atoms. The Hall–Kier alpha value is 0.177. The Bertz CT molecular complexity index is 93.1. The molecule has 0 spiro atoms. The van der Waals surface area contributed by atoms with Crippen molar-refractivity contribution in [2.75, 3.05) is 13.6 Å². The molecule has 0 aliphatic carbocycles. The van der Waals surface area contributed by atoms with Crippen LogP contribution in [-0.2, 0) is 0 Å². The summed E-state index contributed by atoms with van der Waals surface area (Å²) in [5.41, 5.74) is 1.02. The van der Waals surface area contributed by atoms with Crippen LogP contribution in [0.5, 0.6) is 0 Å². The Morgan fingerprint density at radius 2 is 2.00 bits per heavy atom. The molecule has 54 valence electrons. The van der Waals surface area contributed by atoms with E-state index in [1.54, 1.807) is 0 Å². The van der Waals surface area contributed by atoms with Crippen LogP contribution in [0.3, 0.4) is 0 Å². The lowest BCUT2D eigenvalue weighted by atomic mass is 10.1. The molecule has 1 rings (SSSR count). The largest absolute Gasteiger partial charge is 0.328 e. The molecule has 2 heteroatoms. The van der Waals surface area contributed by atoms with Gasteiger partial charge in [0.15, 0.2) is 0 Å². The van der Waals surface area contributed by atoms with Gasteiger partial charge in [-0.1, -0.05) is 20.4 Å². The van der Waals surface area contributed by atoms with E-state index in [2.05, 4.69) is 32.0 Å². The molecule has 1 heterocycles. The molecule has 1 nitrogen and oxygen atoms in total. The van der Waals surface area contributed by atoms with Gasteiger partial charge >= 0.3 is 0 Å². The molecular formula is C7H17NSi. The third-order valence-electron chi connectivity index (χ3n) is 2.93. The predicted octanol–water partition coefficient (Wildman–Crippen LogP) is 1.31. The van der Waals surface area contributed by atoms with E-state index in [0.717, 1.165) is 11.5 Å². The predicted molar refractivity (Wildman–Crippen MR) is 44.2 cm³/mol. The molecule has 0 N–H and O–H groups in total. The van der Waals surface area contributed by atoms with Gasteiger partial charge in [0, 0.05) is 0 Å². The maximum absolute atomic E-state index is 2.58. The Balaban J connectivity index is 2.54. The highest BCUT2D eigenvalue weighted by molar-refractivity contribution is 6.56. The molecule has 0 amide bonds. The molecule has 0 aromatic heterocycles. The Morgan fingerprint density at radius 3 is 2.11 bits per heavy atom. The molecule has 3 atom stereocenters.